The molecule has 0 spiro atoms. The van der Waals surface area contributed by atoms with Gasteiger partial charge in [0.1, 0.15) is 11.6 Å². The van der Waals surface area contributed by atoms with Gasteiger partial charge in [-0.15, -0.1) is 0 Å². The molecule has 2 rings (SSSR count). The number of carbonyl (C=O) groups is 1. The van der Waals surface area contributed by atoms with Gasteiger partial charge in [0.25, 0.3) is 16.0 Å². The zero-order valence-corrected chi connectivity index (χ0v) is 15.5. The van der Waals surface area contributed by atoms with Crippen LogP contribution in [0.15, 0.2) is 65.2 Å². The molecule has 0 aliphatic rings. The summed E-state index contributed by atoms with van der Waals surface area (Å²) in [5.74, 6) is -0.625. The zero-order valence-electron chi connectivity index (χ0n) is 14.6. The van der Waals surface area contributed by atoms with E-state index in [0.717, 1.165) is 24.1 Å². The Hall–Kier alpha value is -3.15. The summed E-state index contributed by atoms with van der Waals surface area (Å²) in [5, 5.41) is 14.6. The Morgan fingerprint density at radius 1 is 1.15 bits per heavy atom. The van der Waals surface area contributed by atoms with Crippen LogP contribution in [0.5, 0.6) is 0 Å². The highest BCUT2D eigenvalue weighted by atomic mass is 32.2. The molecule has 0 fully saturated rings. The number of carbonyl (C=O) groups excluding carboxylic acids is 1. The monoisotopic (exact) mass is 385 g/mol. The van der Waals surface area contributed by atoms with Crippen molar-refractivity contribution < 1.29 is 17.8 Å². The second kappa shape index (κ2) is 8.98. The molecule has 0 heterocycles. The highest BCUT2D eigenvalue weighted by molar-refractivity contribution is 7.85. The minimum absolute atomic E-state index is 0.113. The average molecular weight is 385 g/mol. The largest absolute Gasteiger partial charge is 0.389 e. The first-order chi connectivity index (χ1) is 12.8. The Bertz CT molecular complexity index is 973. The molecule has 1 amide bonds. The number of nitrogens with one attached hydrogen (secondary N) is 2. The lowest BCUT2D eigenvalue weighted by molar-refractivity contribution is -0.112. The smallest absolute Gasteiger partial charge is 0.294 e. The zero-order chi connectivity index (χ0) is 19.9. The summed E-state index contributed by atoms with van der Waals surface area (Å²) in [5.41, 5.74) is 2.51. The van der Waals surface area contributed by atoms with Crippen LogP contribution in [0.25, 0.3) is 0 Å². The highest BCUT2D eigenvalue weighted by Crippen LogP contribution is 2.14. The Kier molecular flexibility index (Phi) is 6.71. The summed E-state index contributed by atoms with van der Waals surface area (Å²) in [4.78, 5) is 11.8. The summed E-state index contributed by atoms with van der Waals surface area (Å²) in [6.07, 6.45) is 2.09. The second-order valence-electron chi connectivity index (χ2n) is 5.81. The quantitative estimate of drug-likeness (QED) is 0.291. The number of hydrogen-bond acceptors (Lipinski definition) is 5. The fraction of sp³-hybridized carbons (Fsp3) is 0.158. The van der Waals surface area contributed by atoms with E-state index in [1.54, 1.807) is 0 Å². The van der Waals surface area contributed by atoms with Crippen molar-refractivity contribution in [2.75, 3.05) is 11.9 Å². The third kappa shape index (κ3) is 6.26. The van der Waals surface area contributed by atoms with Gasteiger partial charge in [0.2, 0.25) is 0 Å². The summed E-state index contributed by atoms with van der Waals surface area (Å²) in [7, 11) is -4.30. The first-order valence-electron chi connectivity index (χ1n) is 8.07. The number of amides is 1. The molecule has 0 radical (unpaired) electrons. The van der Waals surface area contributed by atoms with Crippen molar-refractivity contribution in [1.29, 1.82) is 5.26 Å². The minimum atomic E-state index is -4.30. The van der Waals surface area contributed by atoms with Gasteiger partial charge in [0, 0.05) is 18.4 Å². The number of hydrogen-bond donors (Lipinski definition) is 3. The molecule has 8 heteroatoms. The van der Waals surface area contributed by atoms with Crippen molar-refractivity contribution in [2.45, 2.75) is 18.2 Å². The number of aryl methyl sites for hydroxylation is 1. The first kappa shape index (κ1) is 20.2. The predicted octanol–water partition coefficient (Wildman–Crippen LogP) is 2.42. The molecule has 0 aromatic heterocycles. The molecule has 3 N–H and O–H groups in total. The number of rotatable bonds is 7. The van der Waals surface area contributed by atoms with E-state index in [9.17, 15) is 13.2 Å². The van der Waals surface area contributed by atoms with E-state index < -0.39 is 16.0 Å². The molecule has 0 saturated carbocycles. The van der Waals surface area contributed by atoms with Gasteiger partial charge in [-0.05, 0) is 43.2 Å². The van der Waals surface area contributed by atoms with Gasteiger partial charge in [-0.2, -0.15) is 13.7 Å². The standard InChI is InChI=1S/C19H19N3O4S/c1-14-2-4-15(5-3-14)10-11-21-13-16(12-20)19(23)22-17-6-8-18(9-7-17)27(24,25)26/h2-9,13,21H,10-11H2,1H3,(H,22,23)(H,24,25,26)/b16-13-. The Labute approximate surface area is 158 Å². The van der Waals surface area contributed by atoms with Gasteiger partial charge >= 0.3 is 0 Å². The van der Waals surface area contributed by atoms with E-state index in [1.165, 1.54) is 23.9 Å². The molecule has 140 valence electrons. The van der Waals surface area contributed by atoms with E-state index in [0.29, 0.717) is 12.2 Å². The van der Waals surface area contributed by atoms with Gasteiger partial charge in [-0.25, -0.2) is 0 Å². The van der Waals surface area contributed by atoms with Crippen molar-refractivity contribution >= 4 is 21.7 Å². The molecule has 7 nitrogen and oxygen atoms in total. The topological polar surface area (TPSA) is 119 Å². The van der Waals surface area contributed by atoms with Crippen molar-refractivity contribution in [3.63, 3.8) is 0 Å². The molecule has 0 atom stereocenters. The SMILES string of the molecule is Cc1ccc(CCN/C=C(/C#N)C(=O)Nc2ccc(S(=O)(=O)O)cc2)cc1. The maximum absolute atomic E-state index is 12.1. The second-order valence-corrected chi connectivity index (χ2v) is 7.23. The van der Waals surface area contributed by atoms with E-state index in [4.69, 9.17) is 9.81 Å². The highest BCUT2D eigenvalue weighted by Gasteiger charge is 2.11. The van der Waals surface area contributed by atoms with E-state index in [2.05, 4.69) is 10.6 Å². The number of nitriles is 1. The third-order valence-electron chi connectivity index (χ3n) is 3.70. The first-order valence-corrected chi connectivity index (χ1v) is 9.52. The molecule has 2 aromatic rings. The maximum atomic E-state index is 12.1. The predicted molar refractivity (Wildman–Crippen MR) is 101 cm³/mol. The van der Waals surface area contributed by atoms with Crippen LogP contribution < -0.4 is 10.6 Å². The van der Waals surface area contributed by atoms with E-state index in [1.807, 2.05) is 37.3 Å². The summed E-state index contributed by atoms with van der Waals surface area (Å²) >= 11 is 0. The van der Waals surface area contributed by atoms with Crippen molar-refractivity contribution in [2.24, 2.45) is 0 Å². The molecule has 27 heavy (non-hydrogen) atoms. The average Bonchev–Trinajstić information content (AvgIpc) is 2.63. The third-order valence-corrected chi connectivity index (χ3v) is 4.57. The van der Waals surface area contributed by atoms with Gasteiger partial charge < -0.3 is 10.6 Å². The number of nitrogens with zero attached hydrogens (tertiary/aromatic N) is 1. The summed E-state index contributed by atoms with van der Waals surface area (Å²) in [6, 6.07) is 14.8. The van der Waals surface area contributed by atoms with Crippen LogP contribution in [0.3, 0.4) is 0 Å². The molecule has 0 aliphatic heterocycles. The van der Waals surface area contributed by atoms with Crippen LogP contribution >= 0.6 is 0 Å². The van der Waals surface area contributed by atoms with Crippen LogP contribution in [-0.4, -0.2) is 25.4 Å². The van der Waals surface area contributed by atoms with Crippen molar-refractivity contribution in [1.82, 2.24) is 5.32 Å². The lowest BCUT2D eigenvalue weighted by atomic mass is 10.1. The number of anilines is 1. The van der Waals surface area contributed by atoms with Crippen LogP contribution in [0.1, 0.15) is 11.1 Å². The lowest BCUT2D eigenvalue weighted by Gasteiger charge is -2.06. The molecule has 2 aromatic carbocycles. The van der Waals surface area contributed by atoms with Crippen LogP contribution in [0.2, 0.25) is 0 Å². The Morgan fingerprint density at radius 3 is 2.33 bits per heavy atom. The van der Waals surface area contributed by atoms with Crippen molar-refractivity contribution in [3.8, 4) is 6.07 Å². The van der Waals surface area contributed by atoms with Gasteiger partial charge in [0.15, 0.2) is 0 Å². The normalized spacial score (nSPS) is 11.5. The molecule has 0 bridgehead atoms. The summed E-state index contributed by atoms with van der Waals surface area (Å²) in [6.45, 7) is 2.57. The molecular weight excluding hydrogens is 366 g/mol. The molecule has 0 unspecified atom stereocenters. The van der Waals surface area contributed by atoms with E-state index in [-0.39, 0.29) is 10.5 Å². The fourth-order valence-electron chi connectivity index (χ4n) is 2.20. The Morgan fingerprint density at radius 2 is 1.78 bits per heavy atom. The van der Waals surface area contributed by atoms with Crippen LogP contribution in [0.4, 0.5) is 5.69 Å². The van der Waals surface area contributed by atoms with Gasteiger partial charge in [0.05, 0.1) is 4.90 Å². The number of benzene rings is 2. The van der Waals surface area contributed by atoms with E-state index >= 15 is 0 Å². The Balaban J connectivity index is 1.91. The summed E-state index contributed by atoms with van der Waals surface area (Å²) < 4.78 is 30.9. The lowest BCUT2D eigenvalue weighted by Crippen LogP contribution is -2.18. The molecule has 0 aliphatic carbocycles. The molecule has 0 saturated heterocycles. The van der Waals surface area contributed by atoms with Crippen LogP contribution in [-0.2, 0) is 21.3 Å². The minimum Gasteiger partial charge on any atom is -0.389 e. The van der Waals surface area contributed by atoms with Crippen LogP contribution in [0, 0.1) is 18.3 Å². The van der Waals surface area contributed by atoms with Gasteiger partial charge in [-0.1, -0.05) is 29.8 Å². The fourth-order valence-corrected chi connectivity index (χ4v) is 2.68. The molecular formula is C19H19N3O4S. The maximum Gasteiger partial charge on any atom is 0.294 e. The van der Waals surface area contributed by atoms with Crippen molar-refractivity contribution in [3.05, 3.63) is 71.4 Å². The van der Waals surface area contributed by atoms with Gasteiger partial charge in [-0.3, -0.25) is 9.35 Å².